The number of fused-ring (bicyclic) bond motifs is 1. The van der Waals surface area contributed by atoms with E-state index in [0.29, 0.717) is 6.42 Å². The van der Waals surface area contributed by atoms with Gasteiger partial charge in [0.2, 0.25) is 0 Å². The number of carbonyl (C=O) groups excluding carboxylic acids is 1. The van der Waals surface area contributed by atoms with Crippen molar-refractivity contribution in [3.05, 3.63) is 106 Å². The summed E-state index contributed by atoms with van der Waals surface area (Å²) in [6, 6.07) is 23.2. The lowest BCUT2D eigenvalue weighted by Crippen LogP contribution is -2.27. The van der Waals surface area contributed by atoms with Crippen molar-refractivity contribution in [2.75, 3.05) is 10.6 Å². The van der Waals surface area contributed by atoms with Crippen LogP contribution in [0.4, 0.5) is 11.4 Å². The van der Waals surface area contributed by atoms with Gasteiger partial charge in [0.1, 0.15) is 0 Å². The minimum absolute atomic E-state index is 0.155. The predicted octanol–water partition coefficient (Wildman–Crippen LogP) is 6.59. The zero-order chi connectivity index (χ0) is 21.5. The minimum Gasteiger partial charge on any atom is -0.372 e. The standard InChI is InChI=1S/C28H28N2O/c1-17-9-12-20(13-10-17)21-15-25-27(26(31)16-21)28(22-14-18(2)8-11-19(22)3)30-24-7-5-4-6-23(24)29-25/h4-14,21,28-30H,15-16H2,1-3H3/t21-,28+/m0/s1. The molecule has 2 atom stereocenters. The van der Waals surface area contributed by atoms with E-state index in [0.717, 1.165) is 29.1 Å². The van der Waals surface area contributed by atoms with Crippen LogP contribution in [0.15, 0.2) is 78.0 Å². The van der Waals surface area contributed by atoms with Gasteiger partial charge in [-0.2, -0.15) is 0 Å². The molecule has 1 aliphatic carbocycles. The number of hydrogen-bond donors (Lipinski definition) is 2. The Labute approximate surface area is 184 Å². The van der Waals surface area contributed by atoms with Gasteiger partial charge in [-0.15, -0.1) is 0 Å². The highest BCUT2D eigenvalue weighted by atomic mass is 16.1. The predicted molar refractivity (Wildman–Crippen MR) is 128 cm³/mol. The third kappa shape index (κ3) is 3.65. The second-order valence-corrected chi connectivity index (χ2v) is 8.94. The van der Waals surface area contributed by atoms with Crippen molar-refractivity contribution in [1.29, 1.82) is 0 Å². The molecule has 2 aliphatic rings. The highest BCUT2D eigenvalue weighted by molar-refractivity contribution is 6.01. The monoisotopic (exact) mass is 408 g/mol. The van der Waals surface area contributed by atoms with Crippen molar-refractivity contribution >= 4 is 17.2 Å². The van der Waals surface area contributed by atoms with Crippen LogP contribution in [0.25, 0.3) is 0 Å². The van der Waals surface area contributed by atoms with Crippen LogP contribution >= 0.6 is 0 Å². The third-order valence-electron chi connectivity index (χ3n) is 6.60. The van der Waals surface area contributed by atoms with Gasteiger partial charge in [0.15, 0.2) is 5.78 Å². The van der Waals surface area contributed by atoms with Crippen LogP contribution in [0.2, 0.25) is 0 Å². The summed E-state index contributed by atoms with van der Waals surface area (Å²) in [6.07, 6.45) is 1.38. The van der Waals surface area contributed by atoms with Gasteiger partial charge >= 0.3 is 0 Å². The number of Topliss-reactive ketones (excluding diaryl/α,β-unsaturated/α-hetero) is 1. The summed E-state index contributed by atoms with van der Waals surface area (Å²) in [5.41, 5.74) is 10.0. The lowest BCUT2D eigenvalue weighted by Gasteiger charge is -2.30. The second-order valence-electron chi connectivity index (χ2n) is 8.94. The molecular weight excluding hydrogens is 380 g/mol. The molecule has 3 heteroatoms. The summed E-state index contributed by atoms with van der Waals surface area (Å²) >= 11 is 0. The lowest BCUT2D eigenvalue weighted by molar-refractivity contribution is -0.116. The van der Waals surface area contributed by atoms with E-state index in [2.05, 4.69) is 86.0 Å². The number of anilines is 2. The molecule has 3 aromatic carbocycles. The molecule has 0 radical (unpaired) electrons. The van der Waals surface area contributed by atoms with Crippen molar-refractivity contribution in [1.82, 2.24) is 0 Å². The maximum absolute atomic E-state index is 13.6. The number of para-hydroxylation sites is 2. The van der Waals surface area contributed by atoms with Crippen LogP contribution in [0.5, 0.6) is 0 Å². The summed E-state index contributed by atoms with van der Waals surface area (Å²) in [4.78, 5) is 13.6. The summed E-state index contributed by atoms with van der Waals surface area (Å²) in [5, 5.41) is 7.33. The number of nitrogens with one attached hydrogen (secondary N) is 2. The van der Waals surface area contributed by atoms with Gasteiger partial charge in [0.05, 0.1) is 17.4 Å². The minimum atomic E-state index is -0.155. The van der Waals surface area contributed by atoms with E-state index in [-0.39, 0.29) is 17.7 Å². The van der Waals surface area contributed by atoms with Crippen LogP contribution in [-0.4, -0.2) is 5.78 Å². The van der Waals surface area contributed by atoms with Crippen molar-refractivity contribution < 1.29 is 4.79 Å². The Kier molecular flexibility index (Phi) is 4.90. The SMILES string of the molecule is Cc1ccc([C@@H]2CC(=O)C3=C(C2)Nc2ccccc2N[C@@H]3c2cc(C)ccc2C)cc1. The Morgan fingerprint density at radius 3 is 2.29 bits per heavy atom. The third-order valence-corrected chi connectivity index (χ3v) is 6.60. The van der Waals surface area contributed by atoms with Gasteiger partial charge in [-0.25, -0.2) is 0 Å². The van der Waals surface area contributed by atoms with Crippen molar-refractivity contribution in [3.8, 4) is 0 Å². The summed E-state index contributed by atoms with van der Waals surface area (Å²) in [7, 11) is 0. The van der Waals surface area contributed by atoms with E-state index in [1.54, 1.807) is 0 Å². The van der Waals surface area contributed by atoms with E-state index < -0.39 is 0 Å². The Morgan fingerprint density at radius 2 is 1.52 bits per heavy atom. The number of carbonyl (C=O) groups is 1. The van der Waals surface area contributed by atoms with Crippen LogP contribution in [-0.2, 0) is 4.79 Å². The number of allylic oxidation sites excluding steroid dienone is 1. The molecule has 0 aromatic heterocycles. The topological polar surface area (TPSA) is 41.1 Å². The molecule has 3 nitrogen and oxygen atoms in total. The number of hydrogen-bond acceptors (Lipinski definition) is 3. The zero-order valence-corrected chi connectivity index (χ0v) is 18.3. The molecule has 5 rings (SSSR count). The Morgan fingerprint density at radius 1 is 0.806 bits per heavy atom. The molecule has 0 fully saturated rings. The highest BCUT2D eigenvalue weighted by Gasteiger charge is 2.36. The van der Waals surface area contributed by atoms with Crippen LogP contribution in [0.3, 0.4) is 0 Å². The fourth-order valence-electron chi connectivity index (χ4n) is 4.87. The molecule has 0 unspecified atom stereocenters. The first kappa shape index (κ1) is 19.6. The highest BCUT2D eigenvalue weighted by Crippen LogP contribution is 2.44. The fourth-order valence-corrected chi connectivity index (χ4v) is 4.87. The molecule has 0 spiro atoms. The molecule has 0 amide bonds. The molecule has 0 saturated heterocycles. The maximum atomic E-state index is 13.6. The lowest BCUT2D eigenvalue weighted by atomic mass is 9.78. The Bertz CT molecular complexity index is 1190. The van der Waals surface area contributed by atoms with Crippen LogP contribution in [0.1, 0.15) is 52.6 Å². The molecule has 156 valence electrons. The number of ketones is 1. The average Bonchev–Trinajstić information content (AvgIpc) is 2.92. The summed E-state index contributed by atoms with van der Waals surface area (Å²) in [5.74, 6) is 0.425. The maximum Gasteiger partial charge on any atom is 0.163 e. The molecule has 3 aromatic rings. The molecular formula is C28H28N2O. The van der Waals surface area contributed by atoms with Crippen molar-refractivity contribution in [2.45, 2.75) is 45.6 Å². The van der Waals surface area contributed by atoms with Gasteiger partial charge < -0.3 is 10.6 Å². The summed E-state index contributed by atoms with van der Waals surface area (Å²) in [6.45, 7) is 6.33. The van der Waals surface area contributed by atoms with Gasteiger partial charge in [-0.3, -0.25) is 4.79 Å². The quantitative estimate of drug-likeness (QED) is 0.502. The smallest absolute Gasteiger partial charge is 0.163 e. The Hall–Kier alpha value is -3.33. The normalized spacial score (nSPS) is 20.3. The molecule has 2 N–H and O–H groups in total. The first-order valence-corrected chi connectivity index (χ1v) is 11.0. The number of benzene rings is 3. The van der Waals surface area contributed by atoms with Gasteiger partial charge in [-0.05, 0) is 61.9 Å². The molecule has 0 saturated carbocycles. The first-order valence-electron chi connectivity index (χ1n) is 11.0. The van der Waals surface area contributed by atoms with E-state index in [4.69, 9.17) is 0 Å². The van der Waals surface area contributed by atoms with E-state index >= 15 is 0 Å². The molecule has 0 bridgehead atoms. The summed E-state index contributed by atoms with van der Waals surface area (Å²) < 4.78 is 0. The van der Waals surface area contributed by atoms with E-state index in [9.17, 15) is 4.79 Å². The van der Waals surface area contributed by atoms with Crippen LogP contribution in [0, 0.1) is 20.8 Å². The van der Waals surface area contributed by atoms with Gasteiger partial charge in [0, 0.05) is 17.7 Å². The Balaban J connectivity index is 1.63. The van der Waals surface area contributed by atoms with Crippen molar-refractivity contribution in [3.63, 3.8) is 0 Å². The largest absolute Gasteiger partial charge is 0.372 e. The zero-order valence-electron chi connectivity index (χ0n) is 18.3. The van der Waals surface area contributed by atoms with Gasteiger partial charge in [-0.1, -0.05) is 65.7 Å². The average molecular weight is 409 g/mol. The molecule has 31 heavy (non-hydrogen) atoms. The number of aryl methyl sites for hydroxylation is 3. The number of rotatable bonds is 2. The first-order chi connectivity index (χ1) is 15.0. The molecule has 1 heterocycles. The molecule has 1 aliphatic heterocycles. The van der Waals surface area contributed by atoms with E-state index in [1.807, 2.05) is 12.1 Å². The van der Waals surface area contributed by atoms with Crippen LogP contribution < -0.4 is 10.6 Å². The van der Waals surface area contributed by atoms with Crippen molar-refractivity contribution in [2.24, 2.45) is 0 Å². The second kappa shape index (κ2) is 7.73. The van der Waals surface area contributed by atoms with E-state index in [1.165, 1.54) is 27.8 Å². The van der Waals surface area contributed by atoms with Gasteiger partial charge in [0.25, 0.3) is 0 Å². The fraction of sp³-hybridized carbons (Fsp3) is 0.250.